The standard InChI is InChI=1S/C16H14BrFN2S/c1-20(9-11-8-12(17)6-7-13(11)18)10-16-19-14-4-2-3-5-15(14)21-16/h2-8H,9-10H2,1H3. The van der Waals surface area contributed by atoms with Gasteiger partial charge >= 0.3 is 0 Å². The van der Waals surface area contributed by atoms with Crippen LogP contribution in [0.4, 0.5) is 4.39 Å². The molecule has 0 atom stereocenters. The van der Waals surface area contributed by atoms with E-state index in [1.165, 1.54) is 10.8 Å². The molecule has 3 aromatic rings. The van der Waals surface area contributed by atoms with Gasteiger partial charge in [-0.25, -0.2) is 9.37 Å². The Labute approximate surface area is 135 Å². The second-order valence-corrected chi connectivity index (χ2v) is 7.01. The van der Waals surface area contributed by atoms with E-state index in [2.05, 4.69) is 31.9 Å². The summed E-state index contributed by atoms with van der Waals surface area (Å²) in [5, 5.41) is 1.05. The number of benzene rings is 2. The third-order valence-corrected chi connectivity index (χ3v) is 4.71. The van der Waals surface area contributed by atoms with E-state index in [9.17, 15) is 4.39 Å². The Kier molecular flexibility index (Phi) is 4.33. The van der Waals surface area contributed by atoms with Crippen molar-refractivity contribution in [3.63, 3.8) is 0 Å². The van der Waals surface area contributed by atoms with Crippen LogP contribution in [0.25, 0.3) is 10.2 Å². The Morgan fingerprint density at radius 3 is 2.81 bits per heavy atom. The molecule has 0 aliphatic carbocycles. The molecule has 0 unspecified atom stereocenters. The minimum atomic E-state index is -0.172. The van der Waals surface area contributed by atoms with Gasteiger partial charge in [-0.15, -0.1) is 11.3 Å². The second kappa shape index (κ2) is 6.22. The number of nitrogens with zero attached hydrogens (tertiary/aromatic N) is 2. The highest BCUT2D eigenvalue weighted by Crippen LogP contribution is 2.23. The lowest BCUT2D eigenvalue weighted by Gasteiger charge is -2.15. The molecule has 0 fully saturated rings. The fraction of sp³-hybridized carbons (Fsp3) is 0.188. The van der Waals surface area contributed by atoms with Crippen LogP contribution >= 0.6 is 27.3 Å². The molecule has 0 bridgehead atoms. The Bertz CT molecular complexity index is 739. The molecule has 0 aliphatic heterocycles. The number of fused-ring (bicyclic) bond motifs is 1. The fourth-order valence-electron chi connectivity index (χ4n) is 2.23. The maximum atomic E-state index is 13.8. The summed E-state index contributed by atoms with van der Waals surface area (Å²) in [6.07, 6.45) is 0. The van der Waals surface area contributed by atoms with Crippen molar-refractivity contribution in [2.45, 2.75) is 13.1 Å². The molecule has 2 aromatic carbocycles. The Morgan fingerprint density at radius 2 is 2.00 bits per heavy atom. The average Bonchev–Trinajstić information content (AvgIpc) is 2.84. The van der Waals surface area contributed by atoms with Crippen molar-refractivity contribution in [3.8, 4) is 0 Å². The van der Waals surface area contributed by atoms with Crippen LogP contribution in [-0.4, -0.2) is 16.9 Å². The van der Waals surface area contributed by atoms with Crippen LogP contribution < -0.4 is 0 Å². The third kappa shape index (κ3) is 3.48. The Hall–Kier alpha value is -1.30. The molecule has 0 aliphatic rings. The lowest BCUT2D eigenvalue weighted by Crippen LogP contribution is -2.17. The van der Waals surface area contributed by atoms with Crippen LogP contribution in [0.2, 0.25) is 0 Å². The smallest absolute Gasteiger partial charge is 0.127 e. The highest BCUT2D eigenvalue weighted by Gasteiger charge is 2.10. The van der Waals surface area contributed by atoms with Crippen LogP contribution in [0.15, 0.2) is 46.9 Å². The predicted molar refractivity (Wildman–Crippen MR) is 88.9 cm³/mol. The summed E-state index contributed by atoms with van der Waals surface area (Å²) in [6, 6.07) is 13.1. The maximum Gasteiger partial charge on any atom is 0.127 e. The van der Waals surface area contributed by atoms with Crippen molar-refractivity contribution >= 4 is 37.5 Å². The predicted octanol–water partition coefficient (Wildman–Crippen LogP) is 4.83. The summed E-state index contributed by atoms with van der Waals surface area (Å²) in [4.78, 5) is 6.68. The number of rotatable bonds is 4. The van der Waals surface area contributed by atoms with E-state index in [0.717, 1.165) is 15.0 Å². The number of para-hydroxylation sites is 1. The Morgan fingerprint density at radius 1 is 1.19 bits per heavy atom. The molecule has 21 heavy (non-hydrogen) atoms. The van der Waals surface area contributed by atoms with Crippen LogP contribution in [0, 0.1) is 5.82 Å². The lowest BCUT2D eigenvalue weighted by molar-refractivity contribution is 0.313. The first kappa shape index (κ1) is 14.6. The SMILES string of the molecule is CN(Cc1nc2ccccc2s1)Cc1cc(Br)ccc1F. The van der Waals surface area contributed by atoms with Gasteiger partial charge in [-0.2, -0.15) is 0 Å². The van der Waals surface area contributed by atoms with E-state index in [1.54, 1.807) is 17.4 Å². The van der Waals surface area contributed by atoms with E-state index in [1.807, 2.05) is 31.3 Å². The van der Waals surface area contributed by atoms with E-state index >= 15 is 0 Å². The van der Waals surface area contributed by atoms with Gasteiger partial charge in [0, 0.05) is 16.6 Å². The zero-order valence-electron chi connectivity index (χ0n) is 11.5. The largest absolute Gasteiger partial charge is 0.295 e. The summed E-state index contributed by atoms with van der Waals surface area (Å²) in [6.45, 7) is 1.27. The average molecular weight is 365 g/mol. The molecule has 3 rings (SSSR count). The molecule has 108 valence electrons. The quantitative estimate of drug-likeness (QED) is 0.658. The molecule has 1 heterocycles. The topological polar surface area (TPSA) is 16.1 Å². The van der Waals surface area contributed by atoms with Gasteiger partial charge in [0.1, 0.15) is 10.8 Å². The summed E-state index contributed by atoms with van der Waals surface area (Å²) in [7, 11) is 1.98. The van der Waals surface area contributed by atoms with Crippen LogP contribution in [0.3, 0.4) is 0 Å². The van der Waals surface area contributed by atoms with E-state index < -0.39 is 0 Å². The van der Waals surface area contributed by atoms with E-state index in [-0.39, 0.29) is 5.82 Å². The molecule has 0 N–H and O–H groups in total. The molecule has 1 aromatic heterocycles. The van der Waals surface area contributed by atoms with Gasteiger partial charge in [0.2, 0.25) is 0 Å². The van der Waals surface area contributed by atoms with Gasteiger partial charge in [-0.3, -0.25) is 4.90 Å². The minimum absolute atomic E-state index is 0.172. The highest BCUT2D eigenvalue weighted by atomic mass is 79.9. The first-order valence-corrected chi connectivity index (χ1v) is 8.20. The second-order valence-electron chi connectivity index (χ2n) is 4.98. The van der Waals surface area contributed by atoms with Crippen molar-refractivity contribution in [1.29, 1.82) is 0 Å². The van der Waals surface area contributed by atoms with Gasteiger partial charge in [0.25, 0.3) is 0 Å². The summed E-state index contributed by atoms with van der Waals surface area (Å²) in [5.41, 5.74) is 1.72. The number of halogens is 2. The fourth-order valence-corrected chi connectivity index (χ4v) is 3.69. The van der Waals surface area contributed by atoms with Crippen molar-refractivity contribution in [2.24, 2.45) is 0 Å². The molecular formula is C16H14BrFN2S. The maximum absolute atomic E-state index is 13.8. The number of hydrogen-bond donors (Lipinski definition) is 0. The number of hydrogen-bond acceptors (Lipinski definition) is 3. The van der Waals surface area contributed by atoms with Crippen molar-refractivity contribution in [1.82, 2.24) is 9.88 Å². The zero-order valence-corrected chi connectivity index (χ0v) is 13.9. The van der Waals surface area contributed by atoms with Gasteiger partial charge < -0.3 is 0 Å². The van der Waals surface area contributed by atoms with Crippen LogP contribution in [-0.2, 0) is 13.1 Å². The molecule has 5 heteroatoms. The molecule has 0 saturated carbocycles. The lowest BCUT2D eigenvalue weighted by atomic mass is 10.2. The molecule has 0 spiro atoms. The number of thiazole rings is 1. The minimum Gasteiger partial charge on any atom is -0.295 e. The van der Waals surface area contributed by atoms with E-state index in [4.69, 9.17) is 0 Å². The number of aromatic nitrogens is 1. The Balaban J connectivity index is 1.73. The van der Waals surface area contributed by atoms with Crippen molar-refractivity contribution < 1.29 is 4.39 Å². The van der Waals surface area contributed by atoms with Crippen LogP contribution in [0.1, 0.15) is 10.6 Å². The highest BCUT2D eigenvalue weighted by molar-refractivity contribution is 9.10. The van der Waals surface area contributed by atoms with Crippen molar-refractivity contribution in [3.05, 3.63) is 63.3 Å². The molecule has 0 saturated heterocycles. The summed E-state index contributed by atoms with van der Waals surface area (Å²) < 4.78 is 15.9. The van der Waals surface area contributed by atoms with Gasteiger partial charge in [-0.05, 0) is 37.4 Å². The van der Waals surface area contributed by atoms with Gasteiger partial charge in [0.05, 0.1) is 16.8 Å². The van der Waals surface area contributed by atoms with Gasteiger partial charge in [0.15, 0.2) is 0 Å². The molecular weight excluding hydrogens is 351 g/mol. The summed E-state index contributed by atoms with van der Waals surface area (Å²) in [5.74, 6) is -0.172. The summed E-state index contributed by atoms with van der Waals surface area (Å²) >= 11 is 5.07. The first-order chi connectivity index (χ1) is 10.1. The normalized spacial score (nSPS) is 11.4. The monoisotopic (exact) mass is 364 g/mol. The van der Waals surface area contributed by atoms with E-state index in [0.29, 0.717) is 18.7 Å². The molecule has 0 radical (unpaired) electrons. The van der Waals surface area contributed by atoms with Crippen LogP contribution in [0.5, 0.6) is 0 Å². The van der Waals surface area contributed by atoms with Gasteiger partial charge in [-0.1, -0.05) is 28.1 Å². The third-order valence-electron chi connectivity index (χ3n) is 3.19. The molecule has 2 nitrogen and oxygen atoms in total. The zero-order chi connectivity index (χ0) is 14.8. The first-order valence-electron chi connectivity index (χ1n) is 6.59. The van der Waals surface area contributed by atoms with Crippen molar-refractivity contribution in [2.75, 3.05) is 7.05 Å². The molecule has 0 amide bonds.